The van der Waals surface area contributed by atoms with Crippen molar-refractivity contribution in [3.63, 3.8) is 0 Å². The van der Waals surface area contributed by atoms with Gasteiger partial charge in [-0.25, -0.2) is 9.59 Å². The molecule has 168 valence electrons. The number of carbonyl (C=O) groups excluding carboxylic acids is 2. The van der Waals surface area contributed by atoms with E-state index in [0.717, 1.165) is 5.56 Å². The summed E-state index contributed by atoms with van der Waals surface area (Å²) in [5, 5.41) is 17.0. The summed E-state index contributed by atoms with van der Waals surface area (Å²) in [5.41, 5.74) is 2.30. The molecule has 0 aliphatic heterocycles. The van der Waals surface area contributed by atoms with Crippen LogP contribution in [-0.4, -0.2) is 28.1 Å². The van der Waals surface area contributed by atoms with E-state index in [1.54, 1.807) is 30.7 Å². The normalized spacial score (nSPS) is 11.3. The van der Waals surface area contributed by atoms with Crippen LogP contribution >= 0.6 is 0 Å². The van der Waals surface area contributed by atoms with Gasteiger partial charge in [-0.15, -0.1) is 0 Å². The number of esters is 1. The number of nitrogens with zero attached hydrogens (tertiary/aromatic N) is 2. The SMILES string of the molecule is CCOC(=O)c1c(NC(=O)Nc2ccc(C(C)(C)C)cc2)c2cc([N+](=O)[O-])ccc2n1C. The Bertz CT molecular complexity index is 1190. The molecule has 0 atom stereocenters. The van der Waals surface area contributed by atoms with Crippen LogP contribution in [0, 0.1) is 10.1 Å². The van der Waals surface area contributed by atoms with E-state index in [2.05, 4.69) is 31.4 Å². The lowest BCUT2D eigenvalue weighted by Gasteiger charge is -2.19. The summed E-state index contributed by atoms with van der Waals surface area (Å²) in [6.07, 6.45) is 0. The number of anilines is 2. The number of nitrogens with one attached hydrogen (secondary N) is 2. The molecule has 2 aromatic carbocycles. The first-order valence-corrected chi connectivity index (χ1v) is 10.2. The van der Waals surface area contributed by atoms with E-state index in [0.29, 0.717) is 16.6 Å². The number of nitro benzene ring substituents is 1. The van der Waals surface area contributed by atoms with Crippen molar-refractivity contribution in [2.24, 2.45) is 7.05 Å². The maximum absolute atomic E-state index is 12.8. The first-order valence-electron chi connectivity index (χ1n) is 10.2. The van der Waals surface area contributed by atoms with Crippen molar-refractivity contribution in [1.82, 2.24) is 4.57 Å². The van der Waals surface area contributed by atoms with E-state index in [1.165, 1.54) is 18.2 Å². The quantitative estimate of drug-likeness (QED) is 0.322. The van der Waals surface area contributed by atoms with Gasteiger partial charge in [0.25, 0.3) is 5.69 Å². The fourth-order valence-corrected chi connectivity index (χ4v) is 3.44. The number of benzene rings is 2. The van der Waals surface area contributed by atoms with Crippen LogP contribution in [0.2, 0.25) is 0 Å². The van der Waals surface area contributed by atoms with Crippen molar-refractivity contribution in [3.05, 3.63) is 63.8 Å². The summed E-state index contributed by atoms with van der Waals surface area (Å²) in [6.45, 7) is 8.11. The van der Waals surface area contributed by atoms with Gasteiger partial charge in [-0.3, -0.25) is 10.1 Å². The number of urea groups is 1. The van der Waals surface area contributed by atoms with Gasteiger partial charge in [0, 0.05) is 30.3 Å². The average molecular weight is 438 g/mol. The van der Waals surface area contributed by atoms with Crippen LogP contribution in [0.3, 0.4) is 0 Å². The molecule has 3 rings (SSSR count). The number of hydrogen-bond donors (Lipinski definition) is 2. The van der Waals surface area contributed by atoms with Crippen LogP contribution in [0.25, 0.3) is 10.9 Å². The Morgan fingerprint density at radius 1 is 1.09 bits per heavy atom. The summed E-state index contributed by atoms with van der Waals surface area (Å²) in [5.74, 6) is -0.640. The number of aromatic nitrogens is 1. The summed E-state index contributed by atoms with van der Waals surface area (Å²) < 4.78 is 6.68. The molecule has 1 heterocycles. The highest BCUT2D eigenvalue weighted by molar-refractivity contribution is 6.13. The Hall–Kier alpha value is -3.88. The Balaban J connectivity index is 1.97. The van der Waals surface area contributed by atoms with Crippen molar-refractivity contribution >= 4 is 40.0 Å². The molecule has 0 aliphatic carbocycles. The zero-order valence-corrected chi connectivity index (χ0v) is 18.7. The van der Waals surface area contributed by atoms with Gasteiger partial charge in [0.1, 0.15) is 0 Å². The Morgan fingerprint density at radius 2 is 1.75 bits per heavy atom. The molecule has 9 nitrogen and oxygen atoms in total. The summed E-state index contributed by atoms with van der Waals surface area (Å²) >= 11 is 0. The third kappa shape index (κ3) is 4.56. The van der Waals surface area contributed by atoms with Crippen molar-refractivity contribution in [2.75, 3.05) is 17.2 Å². The van der Waals surface area contributed by atoms with Crippen molar-refractivity contribution in [1.29, 1.82) is 0 Å². The lowest BCUT2D eigenvalue weighted by atomic mass is 9.87. The Kier molecular flexibility index (Phi) is 6.20. The second-order valence-corrected chi connectivity index (χ2v) is 8.37. The van der Waals surface area contributed by atoms with Gasteiger partial charge in [0.05, 0.1) is 22.7 Å². The van der Waals surface area contributed by atoms with Crippen LogP contribution in [0.1, 0.15) is 43.7 Å². The average Bonchev–Trinajstić information content (AvgIpc) is 2.99. The highest BCUT2D eigenvalue weighted by atomic mass is 16.6. The topological polar surface area (TPSA) is 116 Å². The summed E-state index contributed by atoms with van der Waals surface area (Å²) in [4.78, 5) is 36.1. The number of amides is 2. The lowest BCUT2D eigenvalue weighted by Crippen LogP contribution is -2.22. The first-order chi connectivity index (χ1) is 15.0. The molecule has 9 heteroatoms. The van der Waals surface area contributed by atoms with Gasteiger partial charge >= 0.3 is 12.0 Å². The van der Waals surface area contributed by atoms with E-state index >= 15 is 0 Å². The molecule has 0 fully saturated rings. The van der Waals surface area contributed by atoms with Crippen LogP contribution < -0.4 is 10.6 Å². The number of carbonyl (C=O) groups is 2. The van der Waals surface area contributed by atoms with Gasteiger partial charge in [-0.2, -0.15) is 0 Å². The maximum atomic E-state index is 12.8. The predicted molar refractivity (Wildman–Crippen MR) is 123 cm³/mol. The smallest absolute Gasteiger partial charge is 0.357 e. The van der Waals surface area contributed by atoms with Gasteiger partial charge in [0.15, 0.2) is 5.69 Å². The second kappa shape index (κ2) is 8.70. The minimum Gasteiger partial charge on any atom is -0.461 e. The molecule has 0 spiro atoms. The molecule has 2 amide bonds. The van der Waals surface area contributed by atoms with Crippen molar-refractivity contribution < 1.29 is 19.2 Å². The highest BCUT2D eigenvalue weighted by Gasteiger charge is 2.25. The van der Waals surface area contributed by atoms with E-state index in [9.17, 15) is 19.7 Å². The molecular weight excluding hydrogens is 412 g/mol. The summed E-state index contributed by atoms with van der Waals surface area (Å²) in [6, 6.07) is 11.1. The maximum Gasteiger partial charge on any atom is 0.357 e. The number of fused-ring (bicyclic) bond motifs is 1. The van der Waals surface area contributed by atoms with Crippen LogP contribution in [0.15, 0.2) is 42.5 Å². The zero-order chi connectivity index (χ0) is 23.6. The molecule has 0 bridgehead atoms. The fraction of sp³-hybridized carbons (Fsp3) is 0.304. The number of hydrogen-bond acceptors (Lipinski definition) is 5. The molecule has 0 aliphatic rings. The molecule has 32 heavy (non-hydrogen) atoms. The first kappa shape index (κ1) is 22.8. The number of aryl methyl sites for hydroxylation is 1. The number of ether oxygens (including phenoxy) is 1. The van der Waals surface area contributed by atoms with E-state index in [-0.39, 0.29) is 29.1 Å². The standard InChI is InChI=1S/C23H26N4O5/c1-6-32-21(28)20-19(17-13-16(27(30)31)11-12-18(17)26(20)5)25-22(29)24-15-9-7-14(8-10-15)23(2,3)4/h7-13H,6H2,1-5H3,(H2,24,25,29). The minimum absolute atomic E-state index is 0.0208. The van der Waals surface area contributed by atoms with Gasteiger partial charge in [-0.1, -0.05) is 32.9 Å². The van der Waals surface area contributed by atoms with Crippen LogP contribution in [0.5, 0.6) is 0 Å². The zero-order valence-electron chi connectivity index (χ0n) is 18.7. The Morgan fingerprint density at radius 3 is 2.31 bits per heavy atom. The molecule has 0 unspecified atom stereocenters. The second-order valence-electron chi connectivity index (χ2n) is 8.37. The molecule has 1 aromatic heterocycles. The lowest BCUT2D eigenvalue weighted by molar-refractivity contribution is -0.384. The van der Waals surface area contributed by atoms with Gasteiger partial charge in [0.2, 0.25) is 0 Å². The molecule has 0 radical (unpaired) electrons. The van der Waals surface area contributed by atoms with E-state index < -0.39 is 16.9 Å². The van der Waals surface area contributed by atoms with Crippen LogP contribution in [0.4, 0.5) is 21.9 Å². The molecule has 3 aromatic rings. The number of non-ortho nitro benzene ring substituents is 1. The minimum atomic E-state index is -0.640. The Labute approximate surface area is 185 Å². The largest absolute Gasteiger partial charge is 0.461 e. The van der Waals surface area contributed by atoms with Crippen molar-refractivity contribution in [2.45, 2.75) is 33.1 Å². The molecular formula is C23H26N4O5. The number of rotatable bonds is 5. The van der Waals surface area contributed by atoms with Gasteiger partial charge < -0.3 is 19.9 Å². The monoisotopic (exact) mass is 438 g/mol. The van der Waals surface area contributed by atoms with E-state index in [1.807, 2.05) is 12.1 Å². The third-order valence-electron chi connectivity index (χ3n) is 5.11. The number of nitro groups is 1. The van der Waals surface area contributed by atoms with E-state index in [4.69, 9.17) is 4.74 Å². The van der Waals surface area contributed by atoms with Gasteiger partial charge in [-0.05, 0) is 36.1 Å². The third-order valence-corrected chi connectivity index (χ3v) is 5.11. The van der Waals surface area contributed by atoms with Crippen LogP contribution in [-0.2, 0) is 17.2 Å². The molecule has 0 saturated carbocycles. The molecule has 0 saturated heterocycles. The predicted octanol–water partition coefficient (Wildman–Crippen LogP) is 5.20. The van der Waals surface area contributed by atoms with Crippen molar-refractivity contribution in [3.8, 4) is 0 Å². The highest BCUT2D eigenvalue weighted by Crippen LogP contribution is 2.34. The molecule has 2 N–H and O–H groups in total. The fourth-order valence-electron chi connectivity index (χ4n) is 3.44. The summed E-state index contributed by atoms with van der Waals surface area (Å²) in [7, 11) is 1.63.